The Morgan fingerprint density at radius 3 is 3.04 bits per heavy atom. The molecule has 2 aliphatic carbocycles. The van der Waals surface area contributed by atoms with Crippen molar-refractivity contribution in [2.24, 2.45) is 17.3 Å². The van der Waals surface area contributed by atoms with Crippen LogP contribution in [0.1, 0.15) is 25.3 Å². The summed E-state index contributed by atoms with van der Waals surface area (Å²) in [5.41, 5.74) is 2.53. The summed E-state index contributed by atoms with van der Waals surface area (Å²) in [7, 11) is 1.54. The highest BCUT2D eigenvalue weighted by Gasteiger charge is 2.85. The van der Waals surface area contributed by atoms with Crippen LogP contribution in [0.15, 0.2) is 36.4 Å². The molecule has 3 heterocycles. The standard InChI is InChI=1S/C21H24N2O2/c1-13-19-8-5-10-23-11-9-20(18(19)23)14-6-3-4-7-16(14)22-21(13,20)15(12-19)17(24)25-2/h3-8,13,15,18,22H,9-12H2,1-2H3/t13-,15-,18-,19-,20+,21?/m0/s1. The minimum atomic E-state index is -0.224. The van der Waals surface area contributed by atoms with Crippen molar-refractivity contribution in [1.29, 1.82) is 0 Å². The lowest BCUT2D eigenvalue weighted by atomic mass is 9.57. The molecular formula is C21H24N2O2. The zero-order valence-corrected chi connectivity index (χ0v) is 14.8. The third-order valence-electron chi connectivity index (χ3n) is 8.47. The molecule has 1 aromatic carbocycles. The van der Waals surface area contributed by atoms with E-state index in [1.165, 1.54) is 18.4 Å². The molecule has 6 atom stereocenters. The van der Waals surface area contributed by atoms with Crippen molar-refractivity contribution < 1.29 is 9.53 Å². The fourth-order valence-electron chi connectivity index (χ4n) is 7.93. The van der Waals surface area contributed by atoms with Crippen molar-refractivity contribution in [1.82, 2.24) is 4.90 Å². The van der Waals surface area contributed by atoms with Gasteiger partial charge in [-0.05, 0) is 36.9 Å². The molecule has 25 heavy (non-hydrogen) atoms. The van der Waals surface area contributed by atoms with Gasteiger partial charge >= 0.3 is 5.97 Å². The minimum Gasteiger partial charge on any atom is -0.469 e. The average molecular weight is 336 g/mol. The van der Waals surface area contributed by atoms with E-state index in [2.05, 4.69) is 53.6 Å². The van der Waals surface area contributed by atoms with E-state index in [4.69, 9.17) is 4.74 Å². The molecule has 4 nitrogen and oxygen atoms in total. The fraction of sp³-hybridized carbons (Fsp3) is 0.571. The zero-order valence-electron chi connectivity index (χ0n) is 14.8. The predicted molar refractivity (Wildman–Crippen MR) is 95.3 cm³/mol. The van der Waals surface area contributed by atoms with Crippen molar-refractivity contribution >= 4 is 11.7 Å². The van der Waals surface area contributed by atoms with Gasteiger partial charge in [0.1, 0.15) is 0 Å². The number of ether oxygens (including phenoxy) is 1. The van der Waals surface area contributed by atoms with Gasteiger partial charge in [0.15, 0.2) is 0 Å². The summed E-state index contributed by atoms with van der Waals surface area (Å²) in [4.78, 5) is 15.6. The molecule has 2 saturated carbocycles. The second-order valence-corrected chi connectivity index (χ2v) is 8.67. The lowest BCUT2D eigenvalue weighted by Gasteiger charge is -2.50. The van der Waals surface area contributed by atoms with Crippen molar-refractivity contribution in [3.8, 4) is 0 Å². The Bertz CT molecular complexity index is 835. The van der Waals surface area contributed by atoms with Gasteiger partial charge in [-0.3, -0.25) is 9.69 Å². The van der Waals surface area contributed by atoms with Gasteiger partial charge in [0.05, 0.1) is 18.6 Å². The molecule has 4 heteroatoms. The number of carbonyl (C=O) groups is 1. The van der Waals surface area contributed by atoms with Crippen LogP contribution in [0.5, 0.6) is 0 Å². The molecule has 1 N–H and O–H groups in total. The lowest BCUT2D eigenvalue weighted by molar-refractivity contribution is -0.149. The Hall–Kier alpha value is -1.81. The van der Waals surface area contributed by atoms with E-state index in [1.54, 1.807) is 0 Å². The molecule has 1 unspecified atom stereocenters. The van der Waals surface area contributed by atoms with Gasteiger partial charge in [0.2, 0.25) is 0 Å². The van der Waals surface area contributed by atoms with Gasteiger partial charge < -0.3 is 10.1 Å². The highest BCUT2D eigenvalue weighted by molar-refractivity contribution is 5.82. The normalized spacial score (nSPS) is 48.0. The number of benzene rings is 1. The number of anilines is 1. The number of para-hydroxylation sites is 1. The summed E-state index contributed by atoms with van der Waals surface area (Å²) in [5.74, 6) is 0.277. The van der Waals surface area contributed by atoms with Crippen LogP contribution in [-0.4, -0.2) is 42.6 Å². The van der Waals surface area contributed by atoms with Crippen LogP contribution in [0.3, 0.4) is 0 Å². The molecule has 3 fully saturated rings. The third-order valence-corrected chi connectivity index (χ3v) is 8.47. The van der Waals surface area contributed by atoms with Gasteiger partial charge in [-0.25, -0.2) is 0 Å². The Balaban J connectivity index is 1.69. The van der Waals surface area contributed by atoms with E-state index in [0.29, 0.717) is 12.0 Å². The average Bonchev–Trinajstić information content (AvgIpc) is 3.29. The van der Waals surface area contributed by atoms with E-state index in [1.807, 2.05) is 0 Å². The number of hydrogen-bond acceptors (Lipinski definition) is 4. The van der Waals surface area contributed by atoms with Crippen molar-refractivity contribution in [3.05, 3.63) is 42.0 Å². The monoisotopic (exact) mass is 336 g/mol. The quantitative estimate of drug-likeness (QED) is 0.632. The highest BCUT2D eigenvalue weighted by Crippen LogP contribution is 2.78. The molecule has 130 valence electrons. The van der Waals surface area contributed by atoms with Crippen molar-refractivity contribution in [2.45, 2.75) is 36.8 Å². The molecule has 0 aromatic heterocycles. The lowest BCUT2D eigenvalue weighted by Crippen LogP contribution is -2.63. The Morgan fingerprint density at radius 2 is 2.20 bits per heavy atom. The Labute approximate surface area is 148 Å². The second kappa shape index (κ2) is 4.12. The summed E-state index contributed by atoms with van der Waals surface area (Å²) in [6.45, 7) is 4.53. The maximum absolute atomic E-state index is 12.9. The van der Waals surface area contributed by atoms with Crippen LogP contribution in [-0.2, 0) is 14.9 Å². The first-order valence-electron chi connectivity index (χ1n) is 9.49. The molecule has 0 amide bonds. The third kappa shape index (κ3) is 1.19. The number of rotatable bonds is 1. The molecule has 6 rings (SSSR count). The first-order valence-corrected chi connectivity index (χ1v) is 9.49. The maximum atomic E-state index is 12.9. The minimum absolute atomic E-state index is 0.0187. The zero-order chi connectivity index (χ0) is 17.0. The number of hydrogen-bond donors (Lipinski definition) is 1. The first kappa shape index (κ1) is 14.4. The predicted octanol–water partition coefficient (Wildman–Crippen LogP) is 2.56. The van der Waals surface area contributed by atoms with E-state index < -0.39 is 0 Å². The summed E-state index contributed by atoms with van der Waals surface area (Å²) in [6.07, 6.45) is 6.83. The number of methoxy groups -OCH3 is 1. The van der Waals surface area contributed by atoms with Gasteiger partial charge in [0.25, 0.3) is 0 Å². The summed E-state index contributed by atoms with van der Waals surface area (Å²) in [5, 5.41) is 3.92. The fourth-order valence-corrected chi connectivity index (χ4v) is 7.93. The van der Waals surface area contributed by atoms with E-state index in [0.717, 1.165) is 25.9 Å². The Morgan fingerprint density at radius 1 is 1.36 bits per heavy atom. The molecule has 1 saturated heterocycles. The number of fused-ring (bicyclic) bond motifs is 1. The number of carbonyl (C=O) groups excluding carboxylic acids is 1. The smallest absolute Gasteiger partial charge is 0.311 e. The van der Waals surface area contributed by atoms with Gasteiger partial charge in [0, 0.05) is 29.1 Å². The molecule has 0 radical (unpaired) electrons. The summed E-state index contributed by atoms with van der Waals surface area (Å²) < 4.78 is 5.30. The van der Waals surface area contributed by atoms with Gasteiger partial charge in [-0.2, -0.15) is 0 Å². The summed E-state index contributed by atoms with van der Waals surface area (Å²) in [6, 6.07) is 9.25. The Kier molecular flexibility index (Phi) is 2.37. The molecule has 2 bridgehead atoms. The molecular weight excluding hydrogens is 312 g/mol. The second-order valence-electron chi connectivity index (χ2n) is 8.67. The number of nitrogens with zero attached hydrogens (tertiary/aromatic N) is 1. The van der Waals surface area contributed by atoms with Crippen LogP contribution in [0.2, 0.25) is 0 Å². The van der Waals surface area contributed by atoms with Gasteiger partial charge in [-0.1, -0.05) is 37.3 Å². The van der Waals surface area contributed by atoms with Crippen molar-refractivity contribution in [3.63, 3.8) is 0 Å². The highest BCUT2D eigenvalue weighted by atomic mass is 16.5. The molecule has 3 spiro atoms. The topological polar surface area (TPSA) is 41.6 Å². The molecule has 3 aliphatic heterocycles. The van der Waals surface area contributed by atoms with E-state index >= 15 is 0 Å². The molecule has 1 aromatic rings. The van der Waals surface area contributed by atoms with Crippen LogP contribution in [0.4, 0.5) is 5.69 Å². The van der Waals surface area contributed by atoms with Crippen LogP contribution in [0.25, 0.3) is 0 Å². The SMILES string of the molecule is COC(=O)[C@@H]1C[C@@]23C=CCN4CC[C@@]5(c6ccccc6NC15[C@H]2C)[C@@H]43. The van der Waals surface area contributed by atoms with Gasteiger partial charge in [-0.15, -0.1) is 0 Å². The number of nitrogens with one attached hydrogen (secondary N) is 1. The maximum Gasteiger partial charge on any atom is 0.311 e. The van der Waals surface area contributed by atoms with E-state index in [-0.39, 0.29) is 28.3 Å². The number of esters is 1. The van der Waals surface area contributed by atoms with Crippen molar-refractivity contribution in [2.75, 3.05) is 25.5 Å². The van der Waals surface area contributed by atoms with Crippen LogP contribution < -0.4 is 5.32 Å². The first-order chi connectivity index (χ1) is 12.1. The summed E-state index contributed by atoms with van der Waals surface area (Å²) >= 11 is 0. The van der Waals surface area contributed by atoms with Crippen LogP contribution >= 0.6 is 0 Å². The van der Waals surface area contributed by atoms with E-state index in [9.17, 15) is 4.79 Å². The molecule has 5 aliphatic rings. The largest absolute Gasteiger partial charge is 0.469 e. The van der Waals surface area contributed by atoms with Crippen LogP contribution in [0, 0.1) is 17.3 Å².